The molecule has 0 saturated carbocycles. The molecular weight excluding hydrogens is 378 g/mol. The van der Waals surface area contributed by atoms with Gasteiger partial charge in [0, 0.05) is 11.4 Å². The second-order valence-electron chi connectivity index (χ2n) is 7.07. The zero-order valence-corrected chi connectivity index (χ0v) is 16.6. The Kier molecular flexibility index (Phi) is 5.52. The lowest BCUT2D eigenvalue weighted by Gasteiger charge is -2.13. The van der Waals surface area contributed by atoms with Gasteiger partial charge < -0.3 is 19.5 Å². The molecular formula is C21H23NO5S. The van der Waals surface area contributed by atoms with Crippen LogP contribution in [0.1, 0.15) is 51.9 Å². The van der Waals surface area contributed by atoms with Crippen LogP contribution in [0.5, 0.6) is 11.5 Å². The third kappa shape index (κ3) is 4.14. The number of benzene rings is 1. The van der Waals surface area contributed by atoms with Crippen LogP contribution in [0.15, 0.2) is 24.3 Å². The summed E-state index contributed by atoms with van der Waals surface area (Å²) in [6, 6.07) is 7.44. The number of amides is 1. The Morgan fingerprint density at radius 2 is 1.96 bits per heavy atom. The predicted octanol–water partition coefficient (Wildman–Crippen LogP) is 3.61. The van der Waals surface area contributed by atoms with Crippen molar-refractivity contribution in [1.29, 1.82) is 0 Å². The fourth-order valence-electron chi connectivity index (χ4n) is 3.42. The Morgan fingerprint density at radius 3 is 2.86 bits per heavy atom. The molecule has 0 saturated heterocycles. The van der Waals surface area contributed by atoms with E-state index in [0.29, 0.717) is 22.9 Å². The van der Waals surface area contributed by atoms with Gasteiger partial charge in [0.1, 0.15) is 4.88 Å². The minimum absolute atomic E-state index is 0.213. The number of carbonyl (C=O) groups excluding carboxylic acids is 2. The fourth-order valence-corrected chi connectivity index (χ4v) is 4.56. The van der Waals surface area contributed by atoms with Gasteiger partial charge >= 0.3 is 5.97 Å². The lowest BCUT2D eigenvalue weighted by atomic mass is 10.1. The summed E-state index contributed by atoms with van der Waals surface area (Å²) < 4.78 is 16.0. The number of thiophene rings is 1. The number of esters is 1. The Labute approximate surface area is 167 Å². The molecule has 28 heavy (non-hydrogen) atoms. The van der Waals surface area contributed by atoms with Gasteiger partial charge in [0.15, 0.2) is 17.6 Å². The SMILES string of the molecule is C[C@@H](OC(=O)c1cc2c(s1)CCCCC2)C(=O)NCc1ccc2c(c1)OCO2. The molecule has 0 bridgehead atoms. The van der Waals surface area contributed by atoms with Gasteiger partial charge in [0.05, 0.1) is 0 Å². The third-order valence-electron chi connectivity index (χ3n) is 5.00. The van der Waals surface area contributed by atoms with Crippen LogP contribution < -0.4 is 14.8 Å². The van der Waals surface area contributed by atoms with Crippen LogP contribution in [0, 0.1) is 0 Å². The maximum Gasteiger partial charge on any atom is 0.349 e. The van der Waals surface area contributed by atoms with Crippen molar-refractivity contribution < 1.29 is 23.8 Å². The van der Waals surface area contributed by atoms with Gasteiger partial charge in [0.2, 0.25) is 6.79 Å². The normalized spacial score (nSPS) is 16.0. The van der Waals surface area contributed by atoms with Crippen LogP contribution in [0.3, 0.4) is 0 Å². The molecule has 1 atom stereocenters. The molecule has 0 spiro atoms. The predicted molar refractivity (Wildman–Crippen MR) is 105 cm³/mol. The maximum atomic E-state index is 12.4. The van der Waals surface area contributed by atoms with Gasteiger partial charge in [-0.2, -0.15) is 0 Å². The topological polar surface area (TPSA) is 73.9 Å². The average Bonchev–Trinajstić information content (AvgIpc) is 3.27. The van der Waals surface area contributed by atoms with E-state index >= 15 is 0 Å². The lowest BCUT2D eigenvalue weighted by Crippen LogP contribution is -2.35. The largest absolute Gasteiger partial charge is 0.454 e. The fraction of sp³-hybridized carbons (Fsp3) is 0.429. The Morgan fingerprint density at radius 1 is 1.14 bits per heavy atom. The molecule has 1 aliphatic heterocycles. The summed E-state index contributed by atoms with van der Waals surface area (Å²) in [5.41, 5.74) is 2.15. The Hall–Kier alpha value is -2.54. The van der Waals surface area contributed by atoms with Gasteiger partial charge in [-0.25, -0.2) is 4.79 Å². The van der Waals surface area contributed by atoms with Crippen LogP contribution in [0.4, 0.5) is 0 Å². The smallest absolute Gasteiger partial charge is 0.349 e. The van der Waals surface area contributed by atoms with Gasteiger partial charge in [-0.05, 0) is 61.9 Å². The summed E-state index contributed by atoms with van der Waals surface area (Å²) in [6.45, 7) is 2.13. The Balaban J connectivity index is 1.31. The molecule has 0 fully saturated rings. The maximum absolute atomic E-state index is 12.4. The molecule has 1 aromatic heterocycles. The van der Waals surface area contributed by atoms with Gasteiger partial charge in [-0.15, -0.1) is 11.3 Å². The quantitative estimate of drug-likeness (QED) is 0.612. The summed E-state index contributed by atoms with van der Waals surface area (Å²) in [7, 11) is 0. The summed E-state index contributed by atoms with van der Waals surface area (Å²) in [6.07, 6.45) is 4.76. The van der Waals surface area contributed by atoms with E-state index in [0.717, 1.165) is 24.8 Å². The molecule has 2 aromatic rings. The molecule has 1 amide bonds. The highest BCUT2D eigenvalue weighted by molar-refractivity contribution is 7.14. The molecule has 2 aliphatic rings. The summed E-state index contributed by atoms with van der Waals surface area (Å²) >= 11 is 1.50. The lowest BCUT2D eigenvalue weighted by molar-refractivity contribution is -0.129. The summed E-state index contributed by atoms with van der Waals surface area (Å²) in [5, 5.41) is 2.79. The second-order valence-corrected chi connectivity index (χ2v) is 8.21. The molecule has 1 aliphatic carbocycles. The van der Waals surface area contributed by atoms with E-state index < -0.39 is 12.1 Å². The first kappa shape index (κ1) is 18.8. The van der Waals surface area contributed by atoms with Gasteiger partial charge in [-0.1, -0.05) is 12.5 Å². The number of carbonyl (C=O) groups is 2. The molecule has 6 nitrogen and oxygen atoms in total. The van der Waals surface area contributed by atoms with E-state index in [2.05, 4.69) is 5.32 Å². The number of hydrogen-bond acceptors (Lipinski definition) is 6. The molecule has 1 N–H and O–H groups in total. The molecule has 0 unspecified atom stereocenters. The summed E-state index contributed by atoms with van der Waals surface area (Å²) in [4.78, 5) is 26.6. The van der Waals surface area contributed by atoms with Gasteiger partial charge in [0.25, 0.3) is 5.91 Å². The Bertz CT molecular complexity index is 867. The van der Waals surface area contributed by atoms with E-state index in [9.17, 15) is 9.59 Å². The summed E-state index contributed by atoms with van der Waals surface area (Å²) in [5.74, 6) is 0.614. The highest BCUT2D eigenvalue weighted by Gasteiger charge is 2.22. The van der Waals surface area contributed by atoms with Crippen molar-refractivity contribution in [2.45, 2.75) is 51.7 Å². The first-order valence-corrected chi connectivity index (χ1v) is 10.4. The minimum Gasteiger partial charge on any atom is -0.454 e. The molecule has 148 valence electrons. The van der Waals surface area contributed by atoms with Crippen molar-refractivity contribution in [3.63, 3.8) is 0 Å². The van der Waals surface area contributed by atoms with E-state index in [1.807, 2.05) is 24.3 Å². The monoisotopic (exact) mass is 401 g/mol. The van der Waals surface area contributed by atoms with Crippen LogP contribution in [0.2, 0.25) is 0 Å². The van der Waals surface area contributed by atoms with Crippen LogP contribution in [-0.2, 0) is 28.9 Å². The van der Waals surface area contributed by atoms with Crippen molar-refractivity contribution >= 4 is 23.2 Å². The van der Waals surface area contributed by atoms with Crippen LogP contribution in [0.25, 0.3) is 0 Å². The average molecular weight is 401 g/mol. The third-order valence-corrected chi connectivity index (χ3v) is 6.22. The first-order valence-electron chi connectivity index (χ1n) is 9.59. The van der Waals surface area contributed by atoms with E-state index in [1.165, 1.54) is 34.6 Å². The number of nitrogens with one attached hydrogen (secondary N) is 1. The molecule has 4 rings (SSSR count). The zero-order chi connectivity index (χ0) is 19.5. The number of fused-ring (bicyclic) bond motifs is 2. The van der Waals surface area contributed by atoms with E-state index in [4.69, 9.17) is 14.2 Å². The number of aryl methyl sites for hydroxylation is 2. The van der Waals surface area contributed by atoms with Crippen molar-refractivity contribution in [3.05, 3.63) is 45.1 Å². The van der Waals surface area contributed by atoms with Gasteiger partial charge in [-0.3, -0.25) is 4.79 Å². The minimum atomic E-state index is -0.858. The van der Waals surface area contributed by atoms with Crippen molar-refractivity contribution in [2.75, 3.05) is 6.79 Å². The number of hydrogen-bond donors (Lipinski definition) is 1. The van der Waals surface area contributed by atoms with Crippen LogP contribution >= 0.6 is 11.3 Å². The van der Waals surface area contributed by atoms with E-state index in [-0.39, 0.29) is 12.7 Å². The second kappa shape index (κ2) is 8.22. The zero-order valence-electron chi connectivity index (χ0n) is 15.8. The standard InChI is InChI=1S/C21H23NO5S/c1-13(20(23)22-11-14-7-8-16-17(9-14)26-12-25-16)27-21(24)19-10-15-5-3-2-4-6-18(15)28-19/h7-10,13H,2-6,11-12H2,1H3,(H,22,23)/t13-/m1/s1. The number of rotatable bonds is 5. The first-order chi connectivity index (χ1) is 13.6. The van der Waals surface area contributed by atoms with Crippen molar-refractivity contribution in [1.82, 2.24) is 5.32 Å². The van der Waals surface area contributed by atoms with Crippen molar-refractivity contribution in [3.8, 4) is 11.5 Å². The van der Waals surface area contributed by atoms with Crippen LogP contribution in [-0.4, -0.2) is 24.8 Å². The van der Waals surface area contributed by atoms with Crippen molar-refractivity contribution in [2.24, 2.45) is 0 Å². The molecule has 0 radical (unpaired) electrons. The highest BCUT2D eigenvalue weighted by Crippen LogP contribution is 2.32. The molecule has 1 aromatic carbocycles. The highest BCUT2D eigenvalue weighted by atomic mass is 32.1. The number of ether oxygens (including phenoxy) is 3. The molecule has 7 heteroatoms. The van der Waals surface area contributed by atoms with E-state index in [1.54, 1.807) is 6.92 Å². The molecule has 2 heterocycles.